The van der Waals surface area contributed by atoms with Gasteiger partial charge in [-0.25, -0.2) is 0 Å². The summed E-state index contributed by atoms with van der Waals surface area (Å²) >= 11 is 0. The van der Waals surface area contributed by atoms with E-state index in [1.165, 1.54) is 205 Å². The molecule has 0 aliphatic rings. The first kappa shape index (κ1) is 61.1. The van der Waals surface area contributed by atoms with E-state index in [-0.39, 0.29) is 12.5 Å². The third-order valence-corrected chi connectivity index (χ3v) is 12.8. The van der Waals surface area contributed by atoms with Crippen LogP contribution in [0.2, 0.25) is 0 Å². The first-order valence-corrected chi connectivity index (χ1v) is 28.0. The summed E-state index contributed by atoms with van der Waals surface area (Å²) < 4.78 is 0. The highest BCUT2D eigenvalue weighted by atomic mass is 16.3. The summed E-state index contributed by atoms with van der Waals surface area (Å²) in [5.41, 5.74) is 0. The normalized spacial score (nSPS) is 13.3. The summed E-state index contributed by atoms with van der Waals surface area (Å²) in [6, 6.07) is -0.534. The minimum absolute atomic E-state index is 0.0284. The second kappa shape index (κ2) is 54.4. The van der Waals surface area contributed by atoms with Gasteiger partial charge >= 0.3 is 0 Å². The van der Waals surface area contributed by atoms with E-state index in [2.05, 4.69) is 79.9 Å². The van der Waals surface area contributed by atoms with E-state index in [0.29, 0.717) is 12.8 Å². The maximum absolute atomic E-state index is 12.4. The average Bonchev–Trinajstić information content (AvgIpc) is 3.29. The Morgan fingerprint density at radius 1 is 0.397 bits per heavy atom. The van der Waals surface area contributed by atoms with Gasteiger partial charge in [-0.15, -0.1) is 0 Å². The van der Waals surface area contributed by atoms with E-state index in [1.807, 2.05) is 0 Å². The van der Waals surface area contributed by atoms with Crippen molar-refractivity contribution < 1.29 is 15.0 Å². The molecule has 4 heteroatoms. The van der Waals surface area contributed by atoms with Crippen molar-refractivity contribution in [2.75, 3.05) is 6.61 Å². The molecule has 0 bridgehead atoms. The number of allylic oxidation sites excluding steroid dienone is 10. The molecule has 0 aliphatic carbocycles. The van der Waals surface area contributed by atoms with Gasteiger partial charge in [0, 0.05) is 6.42 Å². The van der Waals surface area contributed by atoms with Crippen molar-refractivity contribution in [1.29, 1.82) is 0 Å². The molecule has 2 unspecified atom stereocenters. The number of rotatable bonds is 51. The Kier molecular flexibility index (Phi) is 52.8. The Morgan fingerprint density at radius 2 is 0.698 bits per heavy atom. The standard InChI is InChI=1S/C59H109NO3/c1-3-5-7-9-11-13-15-17-18-19-20-21-22-23-24-25-26-27-28-29-30-31-32-33-34-35-36-37-38-39-40-41-42-43-45-47-49-51-53-55-59(63)60-57(56-61)58(62)54-52-50-48-46-44-16-14-12-10-8-6-4-2/h5,7,11,13,17-18,20-21,23-24,57-58,61-62H,3-4,6,8-10,12,14-16,19,22,25-56H2,1-2H3,(H,60,63)/b7-5-,13-11-,18-17-,21-20-,24-23-. The highest BCUT2D eigenvalue weighted by Crippen LogP contribution is 2.17. The number of hydrogen-bond donors (Lipinski definition) is 3. The summed E-state index contributed by atoms with van der Waals surface area (Å²) in [5, 5.41) is 23.2. The molecule has 3 N–H and O–H groups in total. The lowest BCUT2D eigenvalue weighted by atomic mass is 10.0. The van der Waals surface area contributed by atoms with Gasteiger partial charge in [-0.3, -0.25) is 4.79 Å². The summed E-state index contributed by atoms with van der Waals surface area (Å²) in [5.74, 6) is -0.0284. The Hall–Kier alpha value is -1.91. The van der Waals surface area contributed by atoms with Gasteiger partial charge in [0.15, 0.2) is 0 Å². The van der Waals surface area contributed by atoms with Crippen LogP contribution in [0.15, 0.2) is 60.8 Å². The highest BCUT2D eigenvalue weighted by Gasteiger charge is 2.20. The number of hydrogen-bond acceptors (Lipinski definition) is 3. The van der Waals surface area contributed by atoms with Crippen LogP contribution < -0.4 is 5.32 Å². The van der Waals surface area contributed by atoms with E-state index in [1.54, 1.807) is 0 Å². The zero-order valence-electron chi connectivity index (χ0n) is 42.3. The van der Waals surface area contributed by atoms with Crippen LogP contribution >= 0.6 is 0 Å². The lowest BCUT2D eigenvalue weighted by Gasteiger charge is -2.22. The SMILES string of the molecule is CC/C=C\C/C=C\C/C=C\C/C=C\C/C=C\CCCCCCCCCCCCCCCCCCCCCCCCCC(=O)NC(CO)C(O)CCCCCCCCCCCCCC. The van der Waals surface area contributed by atoms with Gasteiger partial charge in [-0.1, -0.05) is 286 Å². The lowest BCUT2D eigenvalue weighted by molar-refractivity contribution is -0.123. The average molecular weight is 881 g/mol. The van der Waals surface area contributed by atoms with Crippen molar-refractivity contribution in [2.45, 2.75) is 302 Å². The second-order valence-corrected chi connectivity index (χ2v) is 19.0. The van der Waals surface area contributed by atoms with Crippen molar-refractivity contribution in [3.05, 3.63) is 60.8 Å². The van der Waals surface area contributed by atoms with E-state index in [4.69, 9.17) is 0 Å². The molecular formula is C59H109NO3. The Labute approximate surface area is 394 Å². The quantitative estimate of drug-likeness (QED) is 0.0421. The van der Waals surface area contributed by atoms with Crippen molar-refractivity contribution in [3.8, 4) is 0 Å². The molecule has 63 heavy (non-hydrogen) atoms. The fraction of sp³-hybridized carbons (Fsp3) is 0.814. The lowest BCUT2D eigenvalue weighted by Crippen LogP contribution is -2.45. The number of carbonyl (C=O) groups excluding carboxylic acids is 1. The van der Waals surface area contributed by atoms with Crippen molar-refractivity contribution in [2.24, 2.45) is 0 Å². The third-order valence-electron chi connectivity index (χ3n) is 12.8. The van der Waals surface area contributed by atoms with E-state index >= 15 is 0 Å². The van der Waals surface area contributed by atoms with Crippen LogP contribution in [-0.2, 0) is 4.79 Å². The number of unbranched alkanes of at least 4 members (excludes halogenated alkanes) is 34. The predicted octanol–water partition coefficient (Wildman–Crippen LogP) is 18.4. The van der Waals surface area contributed by atoms with Crippen LogP contribution in [-0.4, -0.2) is 34.9 Å². The molecule has 368 valence electrons. The first-order chi connectivity index (χ1) is 31.2. The van der Waals surface area contributed by atoms with Gasteiger partial charge in [0.1, 0.15) is 0 Å². The van der Waals surface area contributed by atoms with Crippen LogP contribution in [0.25, 0.3) is 0 Å². The number of nitrogens with one attached hydrogen (secondary N) is 1. The number of aliphatic hydroxyl groups excluding tert-OH is 2. The maximum Gasteiger partial charge on any atom is 0.220 e. The molecule has 0 heterocycles. The minimum atomic E-state index is -0.657. The molecule has 0 saturated carbocycles. The summed E-state index contributed by atoms with van der Waals surface area (Å²) in [4.78, 5) is 12.4. The largest absolute Gasteiger partial charge is 0.394 e. The predicted molar refractivity (Wildman–Crippen MR) is 281 cm³/mol. The number of amides is 1. The van der Waals surface area contributed by atoms with Crippen molar-refractivity contribution in [1.82, 2.24) is 5.32 Å². The Morgan fingerprint density at radius 3 is 1.05 bits per heavy atom. The van der Waals surface area contributed by atoms with Gasteiger partial charge in [-0.2, -0.15) is 0 Å². The smallest absolute Gasteiger partial charge is 0.220 e. The van der Waals surface area contributed by atoms with Gasteiger partial charge in [-0.05, 0) is 57.8 Å². The monoisotopic (exact) mass is 880 g/mol. The van der Waals surface area contributed by atoms with E-state index in [0.717, 1.165) is 57.8 Å². The topological polar surface area (TPSA) is 69.6 Å². The molecule has 0 rings (SSSR count). The van der Waals surface area contributed by atoms with Crippen LogP contribution in [0.5, 0.6) is 0 Å². The number of aliphatic hydroxyl groups is 2. The number of carbonyl (C=O) groups is 1. The van der Waals surface area contributed by atoms with E-state index < -0.39 is 12.1 Å². The van der Waals surface area contributed by atoms with Crippen LogP contribution in [0.1, 0.15) is 290 Å². The molecular weight excluding hydrogens is 771 g/mol. The molecule has 0 aromatic heterocycles. The first-order valence-electron chi connectivity index (χ1n) is 28.0. The molecule has 0 aromatic carbocycles. The van der Waals surface area contributed by atoms with Crippen molar-refractivity contribution >= 4 is 5.91 Å². The Bertz CT molecular complexity index is 1040. The zero-order valence-corrected chi connectivity index (χ0v) is 42.3. The molecule has 0 aliphatic heterocycles. The van der Waals surface area contributed by atoms with Crippen LogP contribution in [0, 0.1) is 0 Å². The fourth-order valence-corrected chi connectivity index (χ4v) is 8.57. The molecule has 0 aromatic rings. The second-order valence-electron chi connectivity index (χ2n) is 19.0. The van der Waals surface area contributed by atoms with Gasteiger partial charge < -0.3 is 15.5 Å². The highest BCUT2D eigenvalue weighted by molar-refractivity contribution is 5.76. The summed E-state index contributed by atoms with van der Waals surface area (Å²) in [6.07, 6.45) is 76.5. The molecule has 0 radical (unpaired) electrons. The molecule has 0 spiro atoms. The third kappa shape index (κ3) is 50.9. The van der Waals surface area contributed by atoms with Gasteiger partial charge in [0.25, 0.3) is 0 Å². The molecule has 0 fully saturated rings. The Balaban J connectivity index is 3.38. The summed E-state index contributed by atoms with van der Waals surface area (Å²) in [7, 11) is 0. The van der Waals surface area contributed by atoms with Crippen LogP contribution in [0.3, 0.4) is 0 Å². The maximum atomic E-state index is 12.4. The zero-order chi connectivity index (χ0) is 45.6. The minimum Gasteiger partial charge on any atom is -0.394 e. The molecule has 2 atom stereocenters. The van der Waals surface area contributed by atoms with Crippen molar-refractivity contribution in [3.63, 3.8) is 0 Å². The molecule has 1 amide bonds. The molecule has 4 nitrogen and oxygen atoms in total. The van der Waals surface area contributed by atoms with Gasteiger partial charge in [0.2, 0.25) is 5.91 Å². The van der Waals surface area contributed by atoms with Gasteiger partial charge in [0.05, 0.1) is 18.8 Å². The summed E-state index contributed by atoms with van der Waals surface area (Å²) in [6.45, 7) is 4.25. The van der Waals surface area contributed by atoms with E-state index in [9.17, 15) is 15.0 Å². The molecule has 0 saturated heterocycles. The van der Waals surface area contributed by atoms with Crippen LogP contribution in [0.4, 0.5) is 0 Å². The fourth-order valence-electron chi connectivity index (χ4n) is 8.57.